The maximum absolute atomic E-state index is 12.6. The number of carbonyl (C=O) groups excluding carboxylic acids is 1. The second-order valence-corrected chi connectivity index (χ2v) is 7.09. The van der Waals surface area contributed by atoms with Crippen LogP contribution in [0, 0.1) is 6.92 Å². The molecule has 0 bridgehead atoms. The molecule has 1 N–H and O–H groups in total. The third-order valence-corrected chi connectivity index (χ3v) is 5.56. The van der Waals surface area contributed by atoms with Crippen LogP contribution in [0.5, 0.6) is 0 Å². The van der Waals surface area contributed by atoms with Crippen LogP contribution in [0.15, 0.2) is 20.2 Å². The number of aryl methyl sites for hydroxylation is 1. The molecule has 4 rings (SSSR count). The Morgan fingerprint density at radius 2 is 2.24 bits per heavy atom. The molecule has 0 radical (unpaired) electrons. The summed E-state index contributed by atoms with van der Waals surface area (Å²) in [6.45, 7) is 4.72. The van der Waals surface area contributed by atoms with Gasteiger partial charge in [-0.2, -0.15) is 0 Å². The number of nitrogens with one attached hydrogen (secondary N) is 1. The predicted octanol–water partition coefficient (Wildman–Crippen LogP) is 1.27. The van der Waals surface area contributed by atoms with Crippen molar-refractivity contribution in [1.29, 1.82) is 0 Å². The van der Waals surface area contributed by atoms with E-state index in [9.17, 15) is 14.4 Å². The highest BCUT2D eigenvalue weighted by Gasteiger charge is 2.28. The van der Waals surface area contributed by atoms with Crippen molar-refractivity contribution in [3.63, 3.8) is 0 Å². The quantitative estimate of drug-likeness (QED) is 0.741. The van der Waals surface area contributed by atoms with Gasteiger partial charge in [0.05, 0.1) is 11.9 Å². The average Bonchev–Trinajstić information content (AvgIpc) is 3.17. The fourth-order valence-corrected chi connectivity index (χ4v) is 4.44. The van der Waals surface area contributed by atoms with Gasteiger partial charge in [0.1, 0.15) is 10.6 Å². The van der Waals surface area contributed by atoms with Crippen LogP contribution in [0.2, 0.25) is 0 Å². The van der Waals surface area contributed by atoms with E-state index in [4.69, 9.17) is 4.52 Å². The van der Waals surface area contributed by atoms with Gasteiger partial charge < -0.3 is 9.42 Å². The van der Waals surface area contributed by atoms with E-state index in [-0.39, 0.29) is 17.2 Å². The first-order valence-electron chi connectivity index (χ1n) is 7.99. The second-order valence-electron chi connectivity index (χ2n) is 5.99. The minimum Gasteiger partial charge on any atom is -0.361 e. The summed E-state index contributed by atoms with van der Waals surface area (Å²) in [4.78, 5) is 43.1. The lowest BCUT2D eigenvalue weighted by Crippen LogP contribution is -2.37. The lowest BCUT2D eigenvalue weighted by atomic mass is 10.1. The molecule has 3 aromatic rings. The Morgan fingerprint density at radius 3 is 2.92 bits per heavy atom. The highest BCUT2D eigenvalue weighted by atomic mass is 32.1. The fourth-order valence-electron chi connectivity index (χ4n) is 3.20. The number of H-pyrrole nitrogens is 1. The molecular weight excluding hydrogens is 344 g/mol. The van der Waals surface area contributed by atoms with Gasteiger partial charge in [-0.3, -0.25) is 19.1 Å². The van der Waals surface area contributed by atoms with Crippen molar-refractivity contribution in [2.75, 3.05) is 6.54 Å². The Kier molecular flexibility index (Phi) is 3.60. The maximum Gasteiger partial charge on any atom is 0.329 e. The lowest BCUT2D eigenvalue weighted by molar-refractivity contribution is 0.0727. The molecule has 130 valence electrons. The number of fused-ring (bicyclic) bond motifs is 3. The third-order valence-electron chi connectivity index (χ3n) is 4.43. The number of carbonyl (C=O) groups is 1. The van der Waals surface area contributed by atoms with Crippen molar-refractivity contribution < 1.29 is 9.32 Å². The second kappa shape index (κ2) is 5.69. The summed E-state index contributed by atoms with van der Waals surface area (Å²) in [6, 6.07) is 1.61. The number of hydrogen-bond donors (Lipinski definition) is 1. The van der Waals surface area contributed by atoms with Crippen molar-refractivity contribution in [3.05, 3.63) is 48.8 Å². The normalized spacial score (nSPS) is 14.1. The zero-order chi connectivity index (χ0) is 17.7. The van der Waals surface area contributed by atoms with E-state index in [1.807, 2.05) is 0 Å². The summed E-state index contributed by atoms with van der Waals surface area (Å²) in [5, 5.41) is 4.35. The van der Waals surface area contributed by atoms with Crippen molar-refractivity contribution in [2.24, 2.45) is 0 Å². The first kappa shape index (κ1) is 15.8. The topological polar surface area (TPSA) is 101 Å². The maximum atomic E-state index is 12.6. The monoisotopic (exact) mass is 360 g/mol. The van der Waals surface area contributed by atoms with Crippen molar-refractivity contribution in [2.45, 2.75) is 33.4 Å². The summed E-state index contributed by atoms with van der Waals surface area (Å²) in [5.41, 5.74) is 0.558. The first-order valence-corrected chi connectivity index (χ1v) is 8.81. The van der Waals surface area contributed by atoms with Crippen molar-refractivity contribution in [3.8, 4) is 0 Å². The van der Waals surface area contributed by atoms with E-state index in [0.29, 0.717) is 42.0 Å². The highest BCUT2D eigenvalue weighted by molar-refractivity contribution is 7.18. The van der Waals surface area contributed by atoms with Crippen LogP contribution in [-0.2, 0) is 19.5 Å². The molecule has 25 heavy (non-hydrogen) atoms. The molecule has 0 spiro atoms. The molecule has 0 fully saturated rings. The Hall–Kier alpha value is -2.68. The SMILES string of the molecule is CCn1c(=O)[nH]c2sc3c(c2c1=O)CCN(C(=O)c1cc(C)on1)C3. The molecule has 1 aliphatic rings. The van der Waals surface area contributed by atoms with Crippen LogP contribution in [0.4, 0.5) is 0 Å². The smallest absolute Gasteiger partial charge is 0.329 e. The van der Waals surface area contributed by atoms with Crippen LogP contribution in [0.3, 0.4) is 0 Å². The van der Waals surface area contributed by atoms with Crippen molar-refractivity contribution >= 4 is 27.5 Å². The van der Waals surface area contributed by atoms with Gasteiger partial charge in [-0.15, -0.1) is 11.3 Å². The lowest BCUT2D eigenvalue weighted by Gasteiger charge is -2.26. The molecule has 0 unspecified atom stereocenters. The first-order chi connectivity index (χ1) is 12.0. The summed E-state index contributed by atoms with van der Waals surface area (Å²) in [7, 11) is 0. The van der Waals surface area contributed by atoms with E-state index in [2.05, 4.69) is 10.1 Å². The van der Waals surface area contributed by atoms with Crippen LogP contribution in [0.25, 0.3) is 10.2 Å². The number of aromatic amines is 1. The fraction of sp³-hybridized carbons (Fsp3) is 0.375. The standard InChI is InChI=1S/C16H16N4O4S/c1-3-20-15(22)12-9-4-5-19(14(21)10-6-8(2)24-18-10)7-11(9)25-13(12)17-16(20)23/h6H,3-5,7H2,1-2H3,(H,17,23). The zero-order valence-electron chi connectivity index (χ0n) is 13.8. The number of hydrogen-bond acceptors (Lipinski definition) is 6. The Balaban J connectivity index is 1.75. The summed E-state index contributed by atoms with van der Waals surface area (Å²) >= 11 is 1.36. The van der Waals surface area contributed by atoms with Crippen molar-refractivity contribution in [1.82, 2.24) is 19.6 Å². The molecular formula is C16H16N4O4S. The number of thiophene rings is 1. The van der Waals surface area contributed by atoms with Crippen LogP contribution in [-0.4, -0.2) is 32.1 Å². The van der Waals surface area contributed by atoms with Gasteiger partial charge in [0.2, 0.25) is 0 Å². The summed E-state index contributed by atoms with van der Waals surface area (Å²) in [6.07, 6.45) is 0.572. The predicted molar refractivity (Wildman–Crippen MR) is 92.1 cm³/mol. The van der Waals surface area contributed by atoms with Gasteiger partial charge in [-0.1, -0.05) is 5.16 Å². The Labute approximate surface area is 145 Å². The average molecular weight is 360 g/mol. The molecule has 0 atom stereocenters. The zero-order valence-corrected chi connectivity index (χ0v) is 14.6. The summed E-state index contributed by atoms with van der Waals surface area (Å²) in [5.74, 6) is 0.389. The third kappa shape index (κ3) is 2.42. The van der Waals surface area contributed by atoms with Gasteiger partial charge in [0, 0.05) is 24.0 Å². The molecule has 0 aromatic carbocycles. The number of rotatable bonds is 2. The summed E-state index contributed by atoms with van der Waals surface area (Å²) < 4.78 is 6.17. The van der Waals surface area contributed by atoms with Crippen LogP contribution in [0.1, 0.15) is 33.6 Å². The van der Waals surface area contributed by atoms with Gasteiger partial charge in [-0.25, -0.2) is 4.79 Å². The molecule has 9 heteroatoms. The van der Waals surface area contributed by atoms with Gasteiger partial charge in [-0.05, 0) is 25.8 Å². The van der Waals surface area contributed by atoms with Gasteiger partial charge >= 0.3 is 5.69 Å². The van der Waals surface area contributed by atoms with Gasteiger partial charge in [0.25, 0.3) is 11.5 Å². The number of nitrogens with zero attached hydrogens (tertiary/aromatic N) is 3. The van der Waals surface area contributed by atoms with Gasteiger partial charge in [0.15, 0.2) is 5.69 Å². The Morgan fingerprint density at radius 1 is 1.44 bits per heavy atom. The van der Waals surface area contributed by atoms with E-state index in [0.717, 1.165) is 10.4 Å². The molecule has 0 saturated heterocycles. The van der Waals surface area contributed by atoms with Crippen LogP contribution >= 0.6 is 11.3 Å². The van der Waals surface area contributed by atoms with E-state index >= 15 is 0 Å². The molecule has 1 aliphatic heterocycles. The van der Waals surface area contributed by atoms with E-state index in [1.165, 1.54) is 15.9 Å². The molecule has 3 aromatic heterocycles. The van der Waals surface area contributed by atoms with Crippen LogP contribution < -0.4 is 11.2 Å². The molecule has 1 amide bonds. The molecule has 0 saturated carbocycles. The molecule has 4 heterocycles. The number of amides is 1. The van der Waals surface area contributed by atoms with E-state index < -0.39 is 5.69 Å². The minimum atomic E-state index is -0.399. The molecule has 0 aliphatic carbocycles. The Bertz CT molecular complexity index is 1100. The largest absolute Gasteiger partial charge is 0.361 e. The minimum absolute atomic E-state index is 0.195. The van der Waals surface area contributed by atoms with E-state index in [1.54, 1.807) is 24.8 Å². The highest BCUT2D eigenvalue weighted by Crippen LogP contribution is 2.32. The number of aromatic nitrogens is 3. The molecule has 8 nitrogen and oxygen atoms in total.